The van der Waals surface area contributed by atoms with Crippen LogP contribution in [0.2, 0.25) is 0 Å². The van der Waals surface area contributed by atoms with Gasteiger partial charge < -0.3 is 10.1 Å². The third-order valence-corrected chi connectivity index (χ3v) is 3.39. The number of rotatable bonds is 4. The van der Waals surface area contributed by atoms with Gasteiger partial charge in [-0.15, -0.1) is 0 Å². The molecule has 0 aromatic carbocycles. The fraction of sp³-hybridized carbons (Fsp3) is 0.750. The molecule has 0 spiro atoms. The molecule has 1 saturated heterocycles. The first kappa shape index (κ1) is 10.3. The van der Waals surface area contributed by atoms with Crippen molar-refractivity contribution in [2.75, 3.05) is 13.2 Å². The topological polar surface area (TPSA) is 39.1 Å². The summed E-state index contributed by atoms with van der Waals surface area (Å²) in [5.41, 5.74) is 1.30. The summed E-state index contributed by atoms with van der Waals surface area (Å²) in [6, 6.07) is 1.31. The Morgan fingerprint density at radius 2 is 2.12 bits per heavy atom. The average molecular weight is 221 g/mol. The molecule has 0 atom stereocenters. The van der Waals surface area contributed by atoms with Crippen LogP contribution in [0.25, 0.3) is 0 Å². The van der Waals surface area contributed by atoms with Crippen LogP contribution >= 0.6 is 0 Å². The molecule has 1 N–H and O–H groups in total. The van der Waals surface area contributed by atoms with E-state index in [0.717, 1.165) is 38.6 Å². The minimum Gasteiger partial charge on any atom is -0.381 e. The van der Waals surface area contributed by atoms with Crippen molar-refractivity contribution in [3.63, 3.8) is 0 Å². The molecule has 3 rings (SSSR count). The van der Waals surface area contributed by atoms with Gasteiger partial charge in [0.2, 0.25) is 0 Å². The summed E-state index contributed by atoms with van der Waals surface area (Å²) in [5.74, 6) is 0. The fourth-order valence-corrected chi connectivity index (χ4v) is 2.17. The van der Waals surface area contributed by atoms with Crippen LogP contribution in [0.1, 0.15) is 37.3 Å². The van der Waals surface area contributed by atoms with Gasteiger partial charge in [-0.3, -0.25) is 4.68 Å². The molecule has 88 valence electrons. The van der Waals surface area contributed by atoms with Gasteiger partial charge in [-0.05, 0) is 25.7 Å². The Balaban J connectivity index is 1.57. The quantitative estimate of drug-likeness (QED) is 0.837. The molecule has 4 nitrogen and oxygen atoms in total. The van der Waals surface area contributed by atoms with Crippen molar-refractivity contribution in [2.24, 2.45) is 0 Å². The first-order valence-electron chi connectivity index (χ1n) is 6.26. The molecule has 2 aliphatic rings. The van der Waals surface area contributed by atoms with Gasteiger partial charge in [-0.25, -0.2) is 0 Å². The second kappa shape index (κ2) is 4.55. The maximum atomic E-state index is 5.36. The SMILES string of the molecule is c1nn(C2CCOCC2)cc1CNC1CC1. The molecule has 1 aromatic heterocycles. The highest BCUT2D eigenvalue weighted by Crippen LogP contribution is 2.21. The molecule has 1 aliphatic carbocycles. The zero-order valence-corrected chi connectivity index (χ0v) is 9.56. The van der Waals surface area contributed by atoms with Gasteiger partial charge in [0.25, 0.3) is 0 Å². The molecular formula is C12H19N3O. The van der Waals surface area contributed by atoms with Crippen LogP contribution in [0.3, 0.4) is 0 Å². The molecule has 2 fully saturated rings. The number of ether oxygens (including phenoxy) is 1. The van der Waals surface area contributed by atoms with Gasteiger partial charge in [0.1, 0.15) is 0 Å². The standard InChI is InChI=1S/C12H19N3O/c1-2-11(1)13-7-10-8-14-15(9-10)12-3-5-16-6-4-12/h8-9,11-13H,1-7H2. The van der Waals surface area contributed by atoms with E-state index in [1.165, 1.54) is 18.4 Å². The summed E-state index contributed by atoms with van der Waals surface area (Å²) in [6.45, 7) is 2.72. The Morgan fingerprint density at radius 3 is 2.88 bits per heavy atom. The third-order valence-electron chi connectivity index (χ3n) is 3.39. The summed E-state index contributed by atoms with van der Waals surface area (Å²) in [5, 5.41) is 7.97. The Kier molecular flexibility index (Phi) is 2.93. The van der Waals surface area contributed by atoms with E-state index >= 15 is 0 Å². The third kappa shape index (κ3) is 2.44. The normalized spacial score (nSPS) is 22.5. The van der Waals surface area contributed by atoms with Gasteiger partial charge in [0.05, 0.1) is 12.2 Å². The smallest absolute Gasteiger partial charge is 0.0563 e. The first-order chi connectivity index (χ1) is 7.92. The van der Waals surface area contributed by atoms with Crippen molar-refractivity contribution in [3.8, 4) is 0 Å². The van der Waals surface area contributed by atoms with E-state index in [0.29, 0.717) is 6.04 Å². The molecule has 0 radical (unpaired) electrons. The summed E-state index contributed by atoms with van der Waals surface area (Å²) in [7, 11) is 0. The molecule has 1 aliphatic heterocycles. The second-order valence-corrected chi connectivity index (χ2v) is 4.83. The Morgan fingerprint density at radius 1 is 1.31 bits per heavy atom. The van der Waals surface area contributed by atoms with E-state index in [1.807, 2.05) is 6.20 Å². The second-order valence-electron chi connectivity index (χ2n) is 4.83. The van der Waals surface area contributed by atoms with Gasteiger partial charge in [-0.2, -0.15) is 5.10 Å². The predicted molar refractivity (Wildman–Crippen MR) is 61.2 cm³/mol. The van der Waals surface area contributed by atoms with Gasteiger partial charge >= 0.3 is 0 Å². The van der Waals surface area contributed by atoms with Crippen molar-refractivity contribution in [1.29, 1.82) is 0 Å². The van der Waals surface area contributed by atoms with Gasteiger partial charge in [-0.1, -0.05) is 0 Å². The minimum atomic E-state index is 0.545. The molecule has 16 heavy (non-hydrogen) atoms. The molecular weight excluding hydrogens is 202 g/mol. The van der Waals surface area contributed by atoms with Crippen LogP contribution in [0.5, 0.6) is 0 Å². The van der Waals surface area contributed by atoms with Crippen LogP contribution in [0, 0.1) is 0 Å². The zero-order valence-electron chi connectivity index (χ0n) is 9.56. The Labute approximate surface area is 96.0 Å². The van der Waals surface area contributed by atoms with Crippen molar-refractivity contribution in [3.05, 3.63) is 18.0 Å². The number of hydrogen-bond acceptors (Lipinski definition) is 3. The van der Waals surface area contributed by atoms with E-state index in [9.17, 15) is 0 Å². The highest BCUT2D eigenvalue weighted by molar-refractivity contribution is 5.05. The van der Waals surface area contributed by atoms with E-state index in [4.69, 9.17) is 4.74 Å². The van der Waals surface area contributed by atoms with Crippen LogP contribution in [0.15, 0.2) is 12.4 Å². The van der Waals surface area contributed by atoms with Crippen molar-refractivity contribution >= 4 is 0 Å². The summed E-state index contributed by atoms with van der Waals surface area (Å²) in [6.07, 6.45) is 9.05. The lowest BCUT2D eigenvalue weighted by Gasteiger charge is -2.22. The average Bonchev–Trinajstić information content (AvgIpc) is 3.05. The highest BCUT2D eigenvalue weighted by atomic mass is 16.5. The summed E-state index contributed by atoms with van der Waals surface area (Å²) < 4.78 is 7.48. The number of nitrogens with one attached hydrogen (secondary N) is 1. The molecule has 4 heteroatoms. The minimum absolute atomic E-state index is 0.545. The number of hydrogen-bond donors (Lipinski definition) is 1. The first-order valence-corrected chi connectivity index (χ1v) is 6.26. The maximum Gasteiger partial charge on any atom is 0.0563 e. The Hall–Kier alpha value is -0.870. The molecule has 1 aromatic rings. The zero-order chi connectivity index (χ0) is 10.8. The van der Waals surface area contributed by atoms with E-state index in [-0.39, 0.29) is 0 Å². The van der Waals surface area contributed by atoms with Crippen molar-refractivity contribution in [1.82, 2.24) is 15.1 Å². The lowest BCUT2D eigenvalue weighted by molar-refractivity contribution is 0.0662. The maximum absolute atomic E-state index is 5.36. The van der Waals surface area contributed by atoms with E-state index in [2.05, 4.69) is 21.3 Å². The van der Waals surface area contributed by atoms with E-state index < -0.39 is 0 Å². The van der Waals surface area contributed by atoms with Crippen LogP contribution in [0.4, 0.5) is 0 Å². The largest absolute Gasteiger partial charge is 0.381 e. The summed E-state index contributed by atoms with van der Waals surface area (Å²) in [4.78, 5) is 0. The monoisotopic (exact) mass is 221 g/mol. The summed E-state index contributed by atoms with van der Waals surface area (Å²) >= 11 is 0. The highest BCUT2D eigenvalue weighted by Gasteiger charge is 2.21. The molecule has 0 amide bonds. The lowest BCUT2D eigenvalue weighted by Crippen LogP contribution is -2.20. The lowest BCUT2D eigenvalue weighted by atomic mass is 10.1. The van der Waals surface area contributed by atoms with Gasteiger partial charge in [0, 0.05) is 37.6 Å². The van der Waals surface area contributed by atoms with Crippen LogP contribution in [-0.2, 0) is 11.3 Å². The molecule has 0 unspecified atom stereocenters. The van der Waals surface area contributed by atoms with Crippen molar-refractivity contribution in [2.45, 2.75) is 44.3 Å². The fourth-order valence-electron chi connectivity index (χ4n) is 2.17. The van der Waals surface area contributed by atoms with Crippen LogP contribution in [-0.4, -0.2) is 29.0 Å². The molecule has 2 heterocycles. The van der Waals surface area contributed by atoms with E-state index in [1.54, 1.807) is 0 Å². The molecule has 1 saturated carbocycles. The molecule has 0 bridgehead atoms. The number of aromatic nitrogens is 2. The number of nitrogens with zero attached hydrogens (tertiary/aromatic N) is 2. The van der Waals surface area contributed by atoms with Crippen LogP contribution < -0.4 is 5.32 Å². The van der Waals surface area contributed by atoms with Crippen molar-refractivity contribution < 1.29 is 4.74 Å². The Bertz CT molecular complexity index is 340. The van der Waals surface area contributed by atoms with Gasteiger partial charge in [0.15, 0.2) is 0 Å². The predicted octanol–water partition coefficient (Wildman–Crippen LogP) is 1.49.